The lowest BCUT2D eigenvalue weighted by Crippen LogP contribution is -1.81. The van der Waals surface area contributed by atoms with Crippen LogP contribution in [-0.2, 0) is 0 Å². The molecule has 9 heavy (non-hydrogen) atoms. The van der Waals surface area contributed by atoms with Crippen LogP contribution in [0.1, 0.15) is 5.56 Å². The van der Waals surface area contributed by atoms with Gasteiger partial charge in [0.15, 0.2) is 0 Å². The van der Waals surface area contributed by atoms with Crippen molar-refractivity contribution in [3.8, 4) is 0 Å². The highest BCUT2D eigenvalue weighted by Crippen LogP contribution is 2.05. The van der Waals surface area contributed by atoms with E-state index in [1.807, 2.05) is 30.3 Å². The average molecular weight is 248 g/mol. The molecule has 1 rings (SSSR count). The largest absolute Gasteiger partial charge is 0.0832 e. The molecule has 2 heteroatoms. The summed E-state index contributed by atoms with van der Waals surface area (Å²) >= 11 is 7.09. The van der Waals surface area contributed by atoms with Crippen molar-refractivity contribution in [2.24, 2.45) is 0 Å². The van der Waals surface area contributed by atoms with Crippen LogP contribution in [0.3, 0.4) is 0 Å². The molecule has 0 fully saturated rings. The first-order valence-electron chi connectivity index (χ1n) is 2.55. The molecule has 0 saturated heterocycles. The number of benzene rings is 1. The Morgan fingerprint density at radius 3 is 2.11 bits per heavy atom. The van der Waals surface area contributed by atoms with Gasteiger partial charge >= 0.3 is 0 Å². The Morgan fingerprint density at radius 1 is 1.22 bits per heavy atom. The Hall–Kier alpha value is 0.0400. The highest BCUT2D eigenvalue weighted by Gasteiger charge is 1.90. The molecule has 1 aromatic rings. The molecule has 0 amide bonds. The van der Waals surface area contributed by atoms with Crippen LogP contribution in [0.25, 0.3) is 0 Å². The van der Waals surface area contributed by atoms with E-state index in [0.29, 0.717) is 0 Å². The van der Waals surface area contributed by atoms with Gasteiger partial charge in [-0.3, -0.25) is 0 Å². The van der Waals surface area contributed by atoms with E-state index in [-0.39, 0.29) is 0 Å². The van der Waals surface area contributed by atoms with E-state index in [2.05, 4.69) is 22.6 Å². The van der Waals surface area contributed by atoms with Gasteiger partial charge < -0.3 is 0 Å². The van der Waals surface area contributed by atoms with Gasteiger partial charge in [0.05, 0.1) is 2.87 Å². The molecule has 0 atom stereocenters. The summed E-state index contributed by atoms with van der Waals surface area (Å²) in [7, 11) is 0. The van der Waals surface area contributed by atoms with E-state index in [0.717, 1.165) is 8.43 Å². The summed E-state index contributed by atoms with van der Waals surface area (Å²) in [4.78, 5) is 0. The standard InChI is InChI=1S/C7H5IS/c8-7(9)6-4-2-1-3-5-6/h1-5H. The van der Waals surface area contributed by atoms with Gasteiger partial charge in [0.1, 0.15) is 0 Å². The van der Waals surface area contributed by atoms with Crippen LogP contribution < -0.4 is 0 Å². The van der Waals surface area contributed by atoms with Gasteiger partial charge in [-0.25, -0.2) is 0 Å². The monoisotopic (exact) mass is 248 g/mol. The Labute approximate surface area is 73.4 Å². The van der Waals surface area contributed by atoms with Crippen molar-refractivity contribution in [3.63, 3.8) is 0 Å². The predicted molar refractivity (Wildman–Crippen MR) is 52.2 cm³/mol. The minimum atomic E-state index is 0.924. The van der Waals surface area contributed by atoms with Crippen molar-refractivity contribution in [1.82, 2.24) is 0 Å². The van der Waals surface area contributed by atoms with Gasteiger partial charge in [0.25, 0.3) is 0 Å². The summed E-state index contributed by atoms with van der Waals surface area (Å²) in [5.41, 5.74) is 1.13. The molecule has 0 aliphatic rings. The zero-order valence-corrected chi connectivity index (χ0v) is 7.65. The van der Waals surface area contributed by atoms with E-state index in [1.165, 1.54) is 0 Å². The number of thiocarbonyl (C=S) groups is 1. The average Bonchev–Trinajstić information content (AvgIpc) is 1.90. The van der Waals surface area contributed by atoms with Crippen LogP contribution in [0.4, 0.5) is 0 Å². The Bertz CT molecular complexity index is 205. The van der Waals surface area contributed by atoms with Crippen molar-refractivity contribution in [2.75, 3.05) is 0 Å². The lowest BCUT2D eigenvalue weighted by molar-refractivity contribution is 1.69. The van der Waals surface area contributed by atoms with Crippen molar-refractivity contribution in [3.05, 3.63) is 35.9 Å². The van der Waals surface area contributed by atoms with Crippen LogP contribution in [0.2, 0.25) is 0 Å². The SMILES string of the molecule is S=C(I)c1ccccc1. The molecule has 46 valence electrons. The lowest BCUT2D eigenvalue weighted by Gasteiger charge is -1.90. The molecular weight excluding hydrogens is 243 g/mol. The van der Waals surface area contributed by atoms with Crippen molar-refractivity contribution in [1.29, 1.82) is 0 Å². The molecule has 0 saturated carbocycles. The topological polar surface area (TPSA) is 0 Å². The third-order valence-corrected chi connectivity index (χ3v) is 1.86. The smallest absolute Gasteiger partial charge is 0.0723 e. The molecule has 0 aromatic heterocycles. The summed E-state index contributed by atoms with van der Waals surface area (Å²) in [5, 5.41) is 0. The molecule has 0 nitrogen and oxygen atoms in total. The quantitative estimate of drug-likeness (QED) is 0.418. The second kappa shape index (κ2) is 3.27. The van der Waals surface area contributed by atoms with Crippen LogP contribution in [0, 0.1) is 0 Å². The third-order valence-electron chi connectivity index (χ3n) is 1.00. The maximum atomic E-state index is 4.95. The first kappa shape index (κ1) is 7.15. The van der Waals surface area contributed by atoms with Crippen molar-refractivity contribution >= 4 is 37.7 Å². The van der Waals surface area contributed by atoms with Crippen LogP contribution in [0.5, 0.6) is 0 Å². The minimum Gasteiger partial charge on any atom is -0.0723 e. The molecule has 0 N–H and O–H groups in total. The number of hydrogen-bond acceptors (Lipinski definition) is 1. The Balaban J connectivity index is 2.98. The summed E-state index contributed by atoms with van der Waals surface area (Å²) in [6.45, 7) is 0. The fourth-order valence-electron chi connectivity index (χ4n) is 0.569. The van der Waals surface area contributed by atoms with Crippen molar-refractivity contribution in [2.45, 2.75) is 0 Å². The lowest BCUT2D eigenvalue weighted by atomic mass is 10.2. The zero-order valence-electron chi connectivity index (χ0n) is 4.67. The summed E-state index contributed by atoms with van der Waals surface area (Å²) in [6.07, 6.45) is 0. The molecule has 0 aliphatic carbocycles. The van der Waals surface area contributed by atoms with E-state index < -0.39 is 0 Å². The summed E-state index contributed by atoms with van der Waals surface area (Å²) in [6, 6.07) is 9.97. The van der Waals surface area contributed by atoms with Crippen LogP contribution in [0.15, 0.2) is 30.3 Å². The first-order chi connectivity index (χ1) is 4.30. The van der Waals surface area contributed by atoms with Crippen LogP contribution in [-0.4, -0.2) is 2.87 Å². The number of halogens is 1. The molecular formula is C7H5IS. The summed E-state index contributed by atoms with van der Waals surface area (Å²) < 4.78 is 0.924. The third kappa shape index (κ3) is 2.02. The van der Waals surface area contributed by atoms with E-state index in [4.69, 9.17) is 12.2 Å². The highest BCUT2D eigenvalue weighted by molar-refractivity contribution is 14.1. The number of rotatable bonds is 1. The molecule has 0 unspecified atom stereocenters. The van der Waals surface area contributed by atoms with Gasteiger partial charge in [0, 0.05) is 0 Å². The van der Waals surface area contributed by atoms with E-state index >= 15 is 0 Å². The molecule has 0 bridgehead atoms. The van der Waals surface area contributed by atoms with Crippen molar-refractivity contribution < 1.29 is 0 Å². The van der Waals surface area contributed by atoms with Gasteiger partial charge in [-0.15, -0.1) is 0 Å². The first-order valence-corrected chi connectivity index (χ1v) is 4.04. The van der Waals surface area contributed by atoms with Crippen LogP contribution >= 0.6 is 34.8 Å². The van der Waals surface area contributed by atoms with Gasteiger partial charge in [-0.2, -0.15) is 0 Å². The molecule has 0 radical (unpaired) electrons. The number of hydrogen-bond donors (Lipinski definition) is 0. The molecule has 0 spiro atoms. The maximum Gasteiger partial charge on any atom is 0.0832 e. The molecule has 0 heterocycles. The van der Waals surface area contributed by atoms with E-state index in [1.54, 1.807) is 0 Å². The predicted octanol–water partition coefficient (Wildman–Crippen LogP) is 2.80. The second-order valence-corrected chi connectivity index (χ2v) is 3.86. The fourth-order valence-corrected chi connectivity index (χ4v) is 1.06. The Kier molecular flexibility index (Phi) is 2.60. The molecule has 0 aliphatic heterocycles. The fraction of sp³-hybridized carbons (Fsp3) is 0. The molecule has 1 aromatic carbocycles. The normalized spacial score (nSPS) is 9.00. The zero-order chi connectivity index (χ0) is 6.69. The highest BCUT2D eigenvalue weighted by atomic mass is 127. The maximum absolute atomic E-state index is 4.95. The minimum absolute atomic E-state index is 0.924. The summed E-state index contributed by atoms with van der Waals surface area (Å²) in [5.74, 6) is 0. The van der Waals surface area contributed by atoms with Gasteiger partial charge in [-0.05, 0) is 28.2 Å². The second-order valence-electron chi connectivity index (χ2n) is 1.64. The van der Waals surface area contributed by atoms with Gasteiger partial charge in [-0.1, -0.05) is 42.5 Å². The van der Waals surface area contributed by atoms with Gasteiger partial charge in [0.2, 0.25) is 0 Å². The Morgan fingerprint density at radius 2 is 1.78 bits per heavy atom. The van der Waals surface area contributed by atoms with E-state index in [9.17, 15) is 0 Å².